The van der Waals surface area contributed by atoms with Crippen LogP contribution in [0.25, 0.3) is 0 Å². The number of aliphatic carboxylic acids is 1. The van der Waals surface area contributed by atoms with E-state index in [9.17, 15) is 4.79 Å². The molecule has 0 aliphatic carbocycles. The molecule has 0 spiro atoms. The van der Waals surface area contributed by atoms with Crippen molar-refractivity contribution in [1.82, 2.24) is 10.2 Å². The Balaban J connectivity index is 2.56. The van der Waals surface area contributed by atoms with E-state index in [1.54, 1.807) is 25.1 Å². The van der Waals surface area contributed by atoms with E-state index in [1.807, 2.05) is 0 Å². The minimum atomic E-state index is -0.944. The molecule has 2 aromatic rings. The molecule has 0 saturated carbocycles. The van der Waals surface area contributed by atoms with Crippen LogP contribution < -0.4 is 5.73 Å². The quantitative estimate of drug-likeness (QED) is 0.808. The van der Waals surface area contributed by atoms with Gasteiger partial charge in [0.25, 0.3) is 0 Å². The van der Waals surface area contributed by atoms with Crippen molar-refractivity contribution in [3.8, 4) is 0 Å². The summed E-state index contributed by atoms with van der Waals surface area (Å²) in [5.74, 6) is -1.14. The number of benzene rings is 1. The van der Waals surface area contributed by atoms with E-state index in [1.165, 1.54) is 0 Å². The molecule has 0 saturated heterocycles. The number of carboxylic acid groups (broad SMARTS) is 1. The highest BCUT2D eigenvalue weighted by Crippen LogP contribution is 2.37. The molecule has 1 aromatic heterocycles. The van der Waals surface area contributed by atoms with Crippen molar-refractivity contribution in [1.29, 1.82) is 0 Å². The van der Waals surface area contributed by atoms with Crippen LogP contribution in [0.1, 0.15) is 29.2 Å². The van der Waals surface area contributed by atoms with Crippen LogP contribution in [0.5, 0.6) is 0 Å². The second-order valence-electron chi connectivity index (χ2n) is 4.46. The zero-order valence-corrected chi connectivity index (χ0v) is 12.2. The number of rotatable bonds is 4. The summed E-state index contributed by atoms with van der Waals surface area (Å²) in [6.07, 6.45) is -0.133. The van der Waals surface area contributed by atoms with Crippen molar-refractivity contribution in [2.24, 2.45) is 0 Å². The number of nitrogens with two attached hydrogens (primary N) is 1. The highest BCUT2D eigenvalue weighted by molar-refractivity contribution is 6.35. The maximum absolute atomic E-state index is 11.1. The first-order valence-corrected chi connectivity index (χ1v) is 6.62. The Bertz CT molecular complexity index is 636. The summed E-state index contributed by atoms with van der Waals surface area (Å²) < 4.78 is 0. The molecule has 1 heterocycles. The SMILES string of the molecule is Cc1[nH]nc(N)c1C(CC(=O)O)c1ccc(Cl)cc1Cl. The molecule has 0 radical (unpaired) electrons. The van der Waals surface area contributed by atoms with Crippen LogP contribution >= 0.6 is 23.2 Å². The maximum Gasteiger partial charge on any atom is 0.304 e. The van der Waals surface area contributed by atoms with Gasteiger partial charge in [-0.1, -0.05) is 29.3 Å². The van der Waals surface area contributed by atoms with Gasteiger partial charge in [-0.25, -0.2) is 0 Å². The lowest BCUT2D eigenvalue weighted by Crippen LogP contribution is -2.11. The van der Waals surface area contributed by atoms with E-state index >= 15 is 0 Å². The van der Waals surface area contributed by atoms with Crippen LogP contribution in [-0.4, -0.2) is 21.3 Å². The molecular formula is C13H13Cl2N3O2. The van der Waals surface area contributed by atoms with E-state index in [0.717, 1.165) is 5.69 Å². The zero-order chi connectivity index (χ0) is 14.9. The van der Waals surface area contributed by atoms with Crippen LogP contribution in [0.2, 0.25) is 10.0 Å². The minimum absolute atomic E-state index is 0.133. The molecule has 106 valence electrons. The number of halogens is 2. The Morgan fingerprint density at radius 3 is 2.70 bits per heavy atom. The predicted molar refractivity (Wildman–Crippen MR) is 78.3 cm³/mol. The van der Waals surface area contributed by atoms with Crippen molar-refractivity contribution >= 4 is 35.0 Å². The summed E-state index contributed by atoms with van der Waals surface area (Å²) in [5, 5.41) is 16.7. The highest BCUT2D eigenvalue weighted by atomic mass is 35.5. The minimum Gasteiger partial charge on any atom is -0.481 e. The van der Waals surface area contributed by atoms with E-state index in [0.29, 0.717) is 21.2 Å². The Morgan fingerprint density at radius 1 is 1.50 bits per heavy atom. The Morgan fingerprint density at radius 2 is 2.20 bits per heavy atom. The van der Waals surface area contributed by atoms with Gasteiger partial charge in [-0.2, -0.15) is 5.10 Å². The third kappa shape index (κ3) is 2.89. The lowest BCUT2D eigenvalue weighted by molar-refractivity contribution is -0.137. The molecule has 0 amide bonds. The summed E-state index contributed by atoms with van der Waals surface area (Å²) in [4.78, 5) is 11.1. The number of nitrogen functional groups attached to an aromatic ring is 1. The molecule has 20 heavy (non-hydrogen) atoms. The fraction of sp³-hybridized carbons (Fsp3) is 0.231. The van der Waals surface area contributed by atoms with Gasteiger partial charge < -0.3 is 10.8 Å². The summed E-state index contributed by atoms with van der Waals surface area (Å²) >= 11 is 12.1. The van der Waals surface area contributed by atoms with Gasteiger partial charge in [-0.05, 0) is 24.6 Å². The van der Waals surface area contributed by atoms with Gasteiger partial charge in [-0.15, -0.1) is 0 Å². The Labute approximate surface area is 125 Å². The summed E-state index contributed by atoms with van der Waals surface area (Å²) in [6.45, 7) is 1.79. The number of nitrogens with one attached hydrogen (secondary N) is 1. The van der Waals surface area contributed by atoms with Gasteiger partial charge in [0.15, 0.2) is 0 Å². The van der Waals surface area contributed by atoms with E-state index < -0.39 is 11.9 Å². The molecule has 2 rings (SSSR count). The highest BCUT2D eigenvalue weighted by Gasteiger charge is 2.25. The van der Waals surface area contributed by atoms with Crippen molar-refractivity contribution in [3.05, 3.63) is 45.1 Å². The van der Waals surface area contributed by atoms with Gasteiger partial charge in [0.2, 0.25) is 0 Å². The number of hydrogen-bond acceptors (Lipinski definition) is 3. The van der Waals surface area contributed by atoms with Gasteiger partial charge >= 0.3 is 5.97 Å². The van der Waals surface area contributed by atoms with Crippen molar-refractivity contribution in [2.45, 2.75) is 19.3 Å². The van der Waals surface area contributed by atoms with Gasteiger partial charge in [0, 0.05) is 27.2 Å². The molecular weight excluding hydrogens is 301 g/mol. The molecule has 0 aliphatic heterocycles. The van der Waals surface area contributed by atoms with E-state index in [2.05, 4.69) is 10.2 Å². The summed E-state index contributed by atoms with van der Waals surface area (Å²) in [6, 6.07) is 4.96. The number of aromatic nitrogens is 2. The van der Waals surface area contributed by atoms with Crippen molar-refractivity contribution < 1.29 is 9.90 Å². The monoisotopic (exact) mass is 313 g/mol. The molecule has 7 heteroatoms. The third-order valence-corrected chi connectivity index (χ3v) is 3.65. The maximum atomic E-state index is 11.1. The zero-order valence-electron chi connectivity index (χ0n) is 10.7. The average Bonchev–Trinajstić information content (AvgIpc) is 2.66. The molecule has 1 aromatic carbocycles. The molecule has 0 fully saturated rings. The fourth-order valence-electron chi connectivity index (χ4n) is 2.22. The summed E-state index contributed by atoms with van der Waals surface area (Å²) in [5.41, 5.74) is 7.86. The number of aromatic amines is 1. The Kier molecular flexibility index (Phi) is 4.20. The van der Waals surface area contributed by atoms with Crippen molar-refractivity contribution in [3.63, 3.8) is 0 Å². The van der Waals surface area contributed by atoms with E-state index in [-0.39, 0.29) is 12.2 Å². The smallest absolute Gasteiger partial charge is 0.304 e. The first kappa shape index (κ1) is 14.7. The normalized spacial score (nSPS) is 12.3. The van der Waals surface area contributed by atoms with Crippen LogP contribution in [0, 0.1) is 6.92 Å². The van der Waals surface area contributed by atoms with Crippen LogP contribution in [-0.2, 0) is 4.79 Å². The Hall–Kier alpha value is -1.72. The molecule has 0 bridgehead atoms. The van der Waals surface area contributed by atoms with Gasteiger partial charge in [0.1, 0.15) is 5.82 Å². The number of carboxylic acids is 1. The third-order valence-electron chi connectivity index (χ3n) is 3.09. The number of aryl methyl sites for hydroxylation is 1. The first-order chi connectivity index (χ1) is 9.40. The lowest BCUT2D eigenvalue weighted by Gasteiger charge is -2.17. The van der Waals surface area contributed by atoms with E-state index in [4.69, 9.17) is 34.0 Å². The number of anilines is 1. The molecule has 1 atom stereocenters. The number of nitrogens with zero attached hydrogens (tertiary/aromatic N) is 1. The number of H-pyrrole nitrogens is 1. The van der Waals surface area contributed by atoms with Crippen LogP contribution in [0.3, 0.4) is 0 Å². The largest absolute Gasteiger partial charge is 0.481 e. The average molecular weight is 314 g/mol. The second-order valence-corrected chi connectivity index (χ2v) is 5.31. The second kappa shape index (κ2) is 5.73. The predicted octanol–water partition coefficient (Wildman–Crippen LogP) is 3.21. The van der Waals surface area contributed by atoms with Gasteiger partial charge in [-0.3, -0.25) is 9.89 Å². The molecule has 4 N–H and O–H groups in total. The van der Waals surface area contributed by atoms with Crippen LogP contribution in [0.15, 0.2) is 18.2 Å². The molecule has 1 unspecified atom stereocenters. The number of carbonyl (C=O) groups is 1. The standard InChI is InChI=1S/C13H13Cl2N3O2/c1-6-12(13(16)18-17-6)9(5-11(19)20)8-3-2-7(14)4-10(8)15/h2-4,9H,5H2,1H3,(H,19,20)(H3,16,17,18). The summed E-state index contributed by atoms with van der Waals surface area (Å²) in [7, 11) is 0. The van der Waals surface area contributed by atoms with Crippen LogP contribution in [0.4, 0.5) is 5.82 Å². The molecule has 5 nitrogen and oxygen atoms in total. The molecule has 0 aliphatic rings. The lowest BCUT2D eigenvalue weighted by atomic mass is 9.88. The first-order valence-electron chi connectivity index (χ1n) is 5.87. The number of hydrogen-bond donors (Lipinski definition) is 3. The van der Waals surface area contributed by atoms with Gasteiger partial charge in [0.05, 0.1) is 6.42 Å². The fourth-order valence-corrected chi connectivity index (χ4v) is 2.76. The van der Waals surface area contributed by atoms with Crippen molar-refractivity contribution in [2.75, 3.05) is 5.73 Å². The topological polar surface area (TPSA) is 92.0 Å².